The van der Waals surface area contributed by atoms with E-state index in [0.717, 1.165) is 9.75 Å². The average molecular weight is 240 g/mol. The minimum atomic E-state index is -1.04. The van der Waals surface area contributed by atoms with E-state index in [1.165, 1.54) is 22.7 Å². The van der Waals surface area contributed by atoms with Crippen LogP contribution in [0.25, 0.3) is 9.75 Å². The predicted octanol–water partition coefficient (Wildman–Crippen LogP) is 2.46. The Kier molecular flexibility index (Phi) is 2.45. The summed E-state index contributed by atoms with van der Waals surface area (Å²) in [6, 6.07) is 3.83. The number of aromatic carboxylic acids is 1. The van der Waals surface area contributed by atoms with Gasteiger partial charge in [-0.15, -0.1) is 11.3 Å². The number of anilines is 1. The van der Waals surface area contributed by atoms with Crippen LogP contribution in [0.5, 0.6) is 0 Å². The number of carboxylic acid groups (broad SMARTS) is 1. The summed E-state index contributed by atoms with van der Waals surface area (Å²) in [6.45, 7) is 1.97. The normalized spacial score (nSPS) is 10.5. The van der Waals surface area contributed by atoms with E-state index < -0.39 is 5.97 Å². The number of aromatic nitrogens is 1. The quantitative estimate of drug-likeness (QED) is 0.845. The van der Waals surface area contributed by atoms with E-state index in [1.807, 2.05) is 19.1 Å². The zero-order chi connectivity index (χ0) is 11.0. The molecule has 2 aromatic rings. The summed E-state index contributed by atoms with van der Waals surface area (Å²) in [5.41, 5.74) is 5.55. The van der Waals surface area contributed by atoms with Crippen molar-refractivity contribution in [1.82, 2.24) is 4.98 Å². The van der Waals surface area contributed by atoms with Crippen LogP contribution in [-0.2, 0) is 0 Å². The molecule has 0 radical (unpaired) electrons. The van der Waals surface area contributed by atoms with Crippen LogP contribution < -0.4 is 5.73 Å². The third kappa shape index (κ3) is 1.86. The maximum absolute atomic E-state index is 10.9. The molecule has 2 aromatic heterocycles. The molecule has 0 bridgehead atoms. The Morgan fingerprint density at radius 2 is 2.20 bits per heavy atom. The number of nitrogens with two attached hydrogens (primary N) is 1. The lowest BCUT2D eigenvalue weighted by atomic mass is 10.3. The molecule has 3 N–H and O–H groups in total. The van der Waals surface area contributed by atoms with Crippen molar-refractivity contribution >= 4 is 33.8 Å². The molecule has 0 saturated heterocycles. The van der Waals surface area contributed by atoms with E-state index >= 15 is 0 Å². The van der Waals surface area contributed by atoms with Crippen molar-refractivity contribution in [3.05, 3.63) is 22.7 Å². The maximum atomic E-state index is 10.9. The van der Waals surface area contributed by atoms with Gasteiger partial charge in [-0.3, -0.25) is 0 Å². The number of rotatable bonds is 2. The lowest BCUT2D eigenvalue weighted by Crippen LogP contribution is -1.98. The molecule has 2 rings (SSSR count). The molecule has 0 aromatic carbocycles. The number of carboxylic acids is 1. The zero-order valence-electron chi connectivity index (χ0n) is 7.85. The summed E-state index contributed by atoms with van der Waals surface area (Å²) in [5, 5.41) is 9.23. The minimum absolute atomic E-state index is 0.0411. The van der Waals surface area contributed by atoms with E-state index in [4.69, 9.17) is 10.8 Å². The number of hydrogen-bond acceptors (Lipinski definition) is 5. The molecule has 4 nitrogen and oxygen atoms in total. The molecule has 0 aliphatic carbocycles. The molecular weight excluding hydrogens is 232 g/mol. The van der Waals surface area contributed by atoms with E-state index in [2.05, 4.69) is 4.98 Å². The van der Waals surface area contributed by atoms with Crippen molar-refractivity contribution in [2.24, 2.45) is 0 Å². The van der Waals surface area contributed by atoms with Gasteiger partial charge in [0.05, 0.1) is 4.88 Å². The minimum Gasteiger partial charge on any atom is -0.476 e. The van der Waals surface area contributed by atoms with Crippen LogP contribution in [0.2, 0.25) is 0 Å². The number of thiophene rings is 1. The summed E-state index contributed by atoms with van der Waals surface area (Å²) < 4.78 is 0. The molecule has 0 amide bonds. The van der Waals surface area contributed by atoms with Gasteiger partial charge in [0.1, 0.15) is 0 Å². The van der Waals surface area contributed by atoms with E-state index in [9.17, 15) is 4.79 Å². The van der Waals surface area contributed by atoms with Crippen LogP contribution in [0.3, 0.4) is 0 Å². The predicted molar refractivity (Wildman–Crippen MR) is 61.5 cm³/mol. The molecule has 0 saturated carbocycles. The number of carbonyl (C=O) groups is 1. The molecule has 0 spiro atoms. The highest BCUT2D eigenvalue weighted by molar-refractivity contribution is 7.24. The Morgan fingerprint density at radius 3 is 2.73 bits per heavy atom. The SMILES string of the molecule is Cc1ccc(-c2sc(N)nc2C(=O)O)s1. The number of thiazole rings is 1. The number of aryl methyl sites for hydroxylation is 1. The van der Waals surface area contributed by atoms with Gasteiger partial charge in [0.25, 0.3) is 0 Å². The van der Waals surface area contributed by atoms with Gasteiger partial charge >= 0.3 is 5.97 Å². The number of hydrogen-bond donors (Lipinski definition) is 2. The van der Waals surface area contributed by atoms with Gasteiger partial charge in [-0.2, -0.15) is 0 Å². The van der Waals surface area contributed by atoms with Crippen molar-refractivity contribution in [3.8, 4) is 9.75 Å². The monoisotopic (exact) mass is 240 g/mol. The molecule has 0 aliphatic heterocycles. The highest BCUT2D eigenvalue weighted by Crippen LogP contribution is 2.36. The molecule has 0 aliphatic rings. The topological polar surface area (TPSA) is 76.2 Å². The van der Waals surface area contributed by atoms with Crippen molar-refractivity contribution in [3.63, 3.8) is 0 Å². The van der Waals surface area contributed by atoms with Gasteiger partial charge in [-0.1, -0.05) is 11.3 Å². The highest BCUT2D eigenvalue weighted by Gasteiger charge is 2.18. The van der Waals surface area contributed by atoms with Crippen LogP contribution in [-0.4, -0.2) is 16.1 Å². The highest BCUT2D eigenvalue weighted by atomic mass is 32.1. The molecular formula is C9H8N2O2S2. The first kappa shape index (κ1) is 10.1. The van der Waals surface area contributed by atoms with E-state index in [1.54, 1.807) is 0 Å². The smallest absolute Gasteiger partial charge is 0.356 e. The van der Waals surface area contributed by atoms with Crippen molar-refractivity contribution in [1.29, 1.82) is 0 Å². The summed E-state index contributed by atoms with van der Waals surface area (Å²) in [6.07, 6.45) is 0. The Morgan fingerprint density at radius 1 is 1.47 bits per heavy atom. The van der Waals surface area contributed by atoms with E-state index in [0.29, 0.717) is 4.88 Å². The largest absolute Gasteiger partial charge is 0.476 e. The molecule has 0 unspecified atom stereocenters. The summed E-state index contributed by atoms with van der Waals surface area (Å²) >= 11 is 2.74. The molecule has 0 atom stereocenters. The van der Waals surface area contributed by atoms with Gasteiger partial charge in [0, 0.05) is 9.75 Å². The molecule has 78 valence electrons. The first-order valence-corrected chi connectivity index (χ1v) is 5.77. The fourth-order valence-electron chi connectivity index (χ4n) is 1.21. The van der Waals surface area contributed by atoms with Crippen LogP contribution in [0.1, 0.15) is 15.4 Å². The Hall–Kier alpha value is -1.40. The number of nitrogens with zero attached hydrogens (tertiary/aromatic N) is 1. The maximum Gasteiger partial charge on any atom is 0.356 e. The summed E-state index contributed by atoms with van der Waals surface area (Å²) in [4.78, 5) is 17.4. The lowest BCUT2D eigenvalue weighted by molar-refractivity contribution is 0.0692. The third-order valence-corrected chi connectivity index (χ3v) is 3.88. The molecule has 0 fully saturated rings. The fraction of sp³-hybridized carbons (Fsp3) is 0.111. The van der Waals surface area contributed by atoms with Gasteiger partial charge in [-0.05, 0) is 19.1 Å². The van der Waals surface area contributed by atoms with Crippen LogP contribution in [0.15, 0.2) is 12.1 Å². The van der Waals surface area contributed by atoms with Crippen molar-refractivity contribution in [2.75, 3.05) is 5.73 Å². The zero-order valence-corrected chi connectivity index (χ0v) is 9.48. The van der Waals surface area contributed by atoms with Crippen LogP contribution in [0.4, 0.5) is 5.13 Å². The second-order valence-electron chi connectivity index (χ2n) is 2.95. The fourth-order valence-corrected chi connectivity index (χ4v) is 3.01. The van der Waals surface area contributed by atoms with Gasteiger partial charge in [-0.25, -0.2) is 9.78 Å². The molecule has 2 heterocycles. The van der Waals surface area contributed by atoms with Gasteiger partial charge < -0.3 is 10.8 Å². The molecule has 6 heteroatoms. The standard InChI is InChI=1S/C9H8N2O2S2/c1-4-2-3-5(14-4)7-6(8(12)13)11-9(10)15-7/h2-3H,1H3,(H2,10,11)(H,12,13). The van der Waals surface area contributed by atoms with Crippen LogP contribution in [0, 0.1) is 6.92 Å². The number of nitrogen functional groups attached to an aromatic ring is 1. The van der Waals surface area contributed by atoms with E-state index in [-0.39, 0.29) is 10.8 Å². The van der Waals surface area contributed by atoms with Crippen LogP contribution >= 0.6 is 22.7 Å². The van der Waals surface area contributed by atoms with Gasteiger partial charge in [0.15, 0.2) is 10.8 Å². The summed E-state index contributed by atoms with van der Waals surface area (Å²) in [5.74, 6) is -1.04. The Bertz CT molecular complexity index is 516. The van der Waals surface area contributed by atoms with Crippen molar-refractivity contribution in [2.45, 2.75) is 6.92 Å². The second kappa shape index (κ2) is 3.63. The van der Waals surface area contributed by atoms with Gasteiger partial charge in [0.2, 0.25) is 0 Å². The Labute approximate surface area is 94.0 Å². The van der Waals surface area contributed by atoms with Crippen molar-refractivity contribution < 1.29 is 9.90 Å². The third-order valence-electron chi connectivity index (χ3n) is 1.81. The second-order valence-corrected chi connectivity index (χ2v) is 5.26. The first-order valence-electron chi connectivity index (χ1n) is 4.14. The molecule has 15 heavy (non-hydrogen) atoms. The Balaban J connectivity index is 2.56. The summed E-state index contributed by atoms with van der Waals surface area (Å²) in [7, 11) is 0. The average Bonchev–Trinajstić information content (AvgIpc) is 2.71. The first-order chi connectivity index (χ1) is 7.08. The lowest BCUT2D eigenvalue weighted by Gasteiger charge is -1.92.